The standard InChI is InChI=1S/C43H42N4O.Pt/c1-6-8-13-32-17-20-40-39(26-32)38-19-18-36(28-41(38)46(40)42-23-29(3)21-22-44-42)48-37-25-33(14-9-7-2)24-35(27-37)47-31(5)43(30(4)45-47)34-15-11-10-12-16-34;/h10-12,15-26H,6-9,13-14H2,1-5H3;/q-2;+2. The third-order valence-electron chi connectivity index (χ3n) is 9.17. The van der Waals surface area contributed by atoms with E-state index in [2.05, 4.69) is 118 Å². The minimum atomic E-state index is 0. The molecule has 3 aromatic heterocycles. The van der Waals surface area contributed by atoms with E-state index < -0.39 is 0 Å². The van der Waals surface area contributed by atoms with Gasteiger partial charge in [-0.05, 0) is 79.6 Å². The van der Waals surface area contributed by atoms with Crippen LogP contribution in [0.2, 0.25) is 0 Å². The predicted molar refractivity (Wildman–Crippen MR) is 197 cm³/mol. The molecule has 0 unspecified atom stereocenters. The summed E-state index contributed by atoms with van der Waals surface area (Å²) in [7, 11) is 0. The van der Waals surface area contributed by atoms with Crippen LogP contribution in [-0.4, -0.2) is 19.3 Å². The maximum atomic E-state index is 6.63. The fourth-order valence-corrected chi connectivity index (χ4v) is 6.74. The average molecular weight is 826 g/mol. The number of hydrogen-bond donors (Lipinski definition) is 0. The minimum absolute atomic E-state index is 0. The Labute approximate surface area is 304 Å². The molecule has 0 aliphatic carbocycles. The van der Waals surface area contributed by atoms with Gasteiger partial charge in [-0.25, -0.2) is 4.98 Å². The van der Waals surface area contributed by atoms with Gasteiger partial charge in [-0.15, -0.1) is 35.7 Å². The summed E-state index contributed by atoms with van der Waals surface area (Å²) in [5.74, 6) is 2.17. The van der Waals surface area contributed by atoms with Crippen molar-refractivity contribution < 1.29 is 25.8 Å². The van der Waals surface area contributed by atoms with E-state index in [0.717, 1.165) is 81.7 Å². The Morgan fingerprint density at radius 2 is 1.51 bits per heavy atom. The van der Waals surface area contributed by atoms with Crippen molar-refractivity contribution in [2.24, 2.45) is 0 Å². The van der Waals surface area contributed by atoms with E-state index in [0.29, 0.717) is 11.5 Å². The number of benzene rings is 4. The first kappa shape index (κ1) is 34.4. The zero-order valence-corrected chi connectivity index (χ0v) is 31.2. The molecule has 49 heavy (non-hydrogen) atoms. The van der Waals surface area contributed by atoms with Crippen molar-refractivity contribution >= 4 is 21.8 Å². The number of hydrogen-bond acceptors (Lipinski definition) is 3. The summed E-state index contributed by atoms with van der Waals surface area (Å²) < 4.78 is 10.8. The van der Waals surface area contributed by atoms with Gasteiger partial charge < -0.3 is 9.30 Å². The fourth-order valence-electron chi connectivity index (χ4n) is 6.74. The first-order chi connectivity index (χ1) is 23.4. The number of aromatic nitrogens is 4. The van der Waals surface area contributed by atoms with Crippen molar-refractivity contribution in [3.8, 4) is 34.1 Å². The molecule has 0 aliphatic rings. The second-order valence-electron chi connectivity index (χ2n) is 12.8. The summed E-state index contributed by atoms with van der Waals surface area (Å²) in [5.41, 5.74) is 11.0. The molecule has 3 heterocycles. The van der Waals surface area contributed by atoms with Crippen LogP contribution < -0.4 is 4.74 Å². The molecule has 250 valence electrons. The van der Waals surface area contributed by atoms with E-state index in [1.165, 1.54) is 29.4 Å². The zero-order chi connectivity index (χ0) is 33.2. The maximum absolute atomic E-state index is 6.63. The van der Waals surface area contributed by atoms with Crippen LogP contribution in [0.15, 0.2) is 91.1 Å². The zero-order valence-electron chi connectivity index (χ0n) is 28.9. The second kappa shape index (κ2) is 15.0. The van der Waals surface area contributed by atoms with Crippen LogP contribution in [0.5, 0.6) is 11.5 Å². The Bertz CT molecular complexity index is 2230. The number of rotatable bonds is 11. The van der Waals surface area contributed by atoms with Crippen LogP contribution in [0.1, 0.15) is 67.6 Å². The molecule has 0 N–H and O–H groups in total. The van der Waals surface area contributed by atoms with E-state index in [9.17, 15) is 0 Å². The smallest absolute Gasteiger partial charge is 0.509 e. The molecule has 0 spiro atoms. The SMILES string of the molecule is CCCCc1cc(Oc2[c-]c3c(cc2)c2cc(CCCC)ccc2n3-c2cc(C)ccn2)[c-]c(-n2nc(C)c(-c3ccccc3)c2C)c1.[Pt+2]. The molecule has 0 saturated carbocycles. The number of ether oxygens (including phenoxy) is 1. The fraction of sp³-hybridized carbons (Fsp3) is 0.256. The largest absolute Gasteiger partial charge is 2.00 e. The van der Waals surface area contributed by atoms with Crippen molar-refractivity contribution in [3.05, 3.63) is 131 Å². The van der Waals surface area contributed by atoms with Gasteiger partial charge in [0, 0.05) is 34.5 Å². The molecule has 7 rings (SSSR count). The number of nitrogens with zero attached hydrogens (tertiary/aromatic N) is 4. The Balaban J connectivity index is 0.00000417. The van der Waals surface area contributed by atoms with Crippen LogP contribution in [0.4, 0.5) is 0 Å². The van der Waals surface area contributed by atoms with E-state index in [1.807, 2.05) is 29.1 Å². The number of unbranched alkanes of at least 4 members (excludes halogenated alkanes) is 2. The van der Waals surface area contributed by atoms with Gasteiger partial charge in [0.05, 0.1) is 5.69 Å². The van der Waals surface area contributed by atoms with Crippen molar-refractivity contribution in [3.63, 3.8) is 0 Å². The van der Waals surface area contributed by atoms with Crippen molar-refractivity contribution in [1.29, 1.82) is 0 Å². The van der Waals surface area contributed by atoms with E-state index in [4.69, 9.17) is 14.8 Å². The summed E-state index contributed by atoms with van der Waals surface area (Å²) in [6.45, 7) is 10.8. The summed E-state index contributed by atoms with van der Waals surface area (Å²) in [5, 5.41) is 7.32. The minimum Gasteiger partial charge on any atom is -0.509 e. The summed E-state index contributed by atoms with van der Waals surface area (Å²) >= 11 is 0. The van der Waals surface area contributed by atoms with Crippen molar-refractivity contribution in [2.45, 2.75) is 73.1 Å². The monoisotopic (exact) mass is 825 g/mol. The van der Waals surface area contributed by atoms with Gasteiger partial charge in [-0.1, -0.05) is 87.5 Å². The van der Waals surface area contributed by atoms with E-state index in [-0.39, 0.29) is 21.1 Å². The molecular weight excluding hydrogens is 784 g/mol. The van der Waals surface area contributed by atoms with Gasteiger partial charge >= 0.3 is 21.1 Å². The predicted octanol–water partition coefficient (Wildman–Crippen LogP) is 11.0. The van der Waals surface area contributed by atoms with Crippen LogP contribution >= 0.6 is 0 Å². The Morgan fingerprint density at radius 1 is 0.735 bits per heavy atom. The average Bonchev–Trinajstić information content (AvgIpc) is 3.58. The summed E-state index contributed by atoms with van der Waals surface area (Å²) in [6, 6.07) is 37.1. The van der Waals surface area contributed by atoms with Crippen LogP contribution in [0.25, 0.3) is 44.4 Å². The number of aryl methyl sites for hydroxylation is 4. The van der Waals surface area contributed by atoms with Gasteiger partial charge in [0.1, 0.15) is 5.82 Å². The Kier molecular flexibility index (Phi) is 10.5. The topological polar surface area (TPSA) is 44.9 Å². The summed E-state index contributed by atoms with van der Waals surface area (Å²) in [4.78, 5) is 4.78. The number of pyridine rings is 1. The third kappa shape index (κ3) is 7.00. The van der Waals surface area contributed by atoms with E-state index >= 15 is 0 Å². The molecule has 0 bridgehead atoms. The van der Waals surface area contributed by atoms with Crippen molar-refractivity contribution in [2.75, 3.05) is 0 Å². The molecule has 0 radical (unpaired) electrons. The third-order valence-corrected chi connectivity index (χ3v) is 9.17. The van der Waals surface area contributed by atoms with Crippen LogP contribution in [-0.2, 0) is 33.9 Å². The van der Waals surface area contributed by atoms with Gasteiger partial charge in [-0.3, -0.25) is 4.68 Å². The molecule has 5 nitrogen and oxygen atoms in total. The maximum Gasteiger partial charge on any atom is 2.00 e. The molecule has 6 heteroatoms. The normalized spacial score (nSPS) is 11.3. The first-order valence-electron chi connectivity index (χ1n) is 17.2. The molecule has 0 amide bonds. The van der Waals surface area contributed by atoms with Gasteiger partial charge in [0.15, 0.2) is 0 Å². The molecular formula is C43H42N4OPt. The van der Waals surface area contributed by atoms with Crippen LogP contribution in [0.3, 0.4) is 0 Å². The summed E-state index contributed by atoms with van der Waals surface area (Å²) in [6.07, 6.45) is 8.46. The van der Waals surface area contributed by atoms with E-state index in [1.54, 1.807) is 0 Å². The molecule has 0 saturated heterocycles. The quantitative estimate of drug-likeness (QED) is 0.122. The Hall–Kier alpha value is -4.47. The molecule has 0 atom stereocenters. The molecule has 0 aliphatic heterocycles. The molecule has 0 fully saturated rings. The van der Waals surface area contributed by atoms with Crippen molar-refractivity contribution in [1.82, 2.24) is 19.3 Å². The molecule has 7 aromatic rings. The number of fused-ring (bicyclic) bond motifs is 3. The van der Waals surface area contributed by atoms with Gasteiger partial charge in [-0.2, -0.15) is 16.7 Å². The van der Waals surface area contributed by atoms with Crippen LogP contribution in [0, 0.1) is 32.9 Å². The van der Waals surface area contributed by atoms with Gasteiger partial charge in [0.2, 0.25) is 0 Å². The Morgan fingerprint density at radius 3 is 2.27 bits per heavy atom. The molecule has 4 aromatic carbocycles. The first-order valence-corrected chi connectivity index (χ1v) is 17.2. The van der Waals surface area contributed by atoms with Gasteiger partial charge in [0.25, 0.3) is 0 Å². The second-order valence-corrected chi connectivity index (χ2v) is 12.8.